The Morgan fingerprint density at radius 3 is 2.68 bits per heavy atom. The van der Waals surface area contributed by atoms with Gasteiger partial charge in [-0.3, -0.25) is 4.79 Å². The quantitative estimate of drug-likeness (QED) is 0.837. The number of methoxy groups -OCH3 is 1. The second-order valence-electron chi connectivity index (χ2n) is 8.28. The van der Waals surface area contributed by atoms with Gasteiger partial charge in [-0.1, -0.05) is 36.8 Å². The van der Waals surface area contributed by atoms with Gasteiger partial charge in [-0.05, 0) is 55.4 Å². The number of amides is 1. The molecule has 5 atom stereocenters. The fraction of sp³-hybridized carbons (Fsp3) is 0.619. The lowest BCUT2D eigenvalue weighted by Gasteiger charge is -2.44. The van der Waals surface area contributed by atoms with E-state index < -0.39 is 6.04 Å². The number of hydrogen-bond donors (Lipinski definition) is 1. The molecule has 3 bridgehead atoms. The third-order valence-electron chi connectivity index (χ3n) is 6.82. The summed E-state index contributed by atoms with van der Waals surface area (Å²) in [5, 5.41) is 3.08. The van der Waals surface area contributed by atoms with Gasteiger partial charge in [-0.15, -0.1) is 0 Å². The lowest BCUT2D eigenvalue weighted by atomic mass is 9.61. The predicted octanol–water partition coefficient (Wildman–Crippen LogP) is 3.10. The zero-order valence-electron chi connectivity index (χ0n) is 14.9. The lowest BCUT2D eigenvalue weighted by Crippen LogP contribution is -2.53. The number of hydrogen-bond acceptors (Lipinski definition) is 3. The van der Waals surface area contributed by atoms with E-state index in [1.165, 1.54) is 32.8 Å². The minimum absolute atomic E-state index is 0.0933. The van der Waals surface area contributed by atoms with Crippen LogP contribution in [-0.2, 0) is 20.7 Å². The number of esters is 1. The first-order valence-electron chi connectivity index (χ1n) is 9.53. The average Bonchev–Trinajstić information content (AvgIpc) is 2.79. The summed E-state index contributed by atoms with van der Waals surface area (Å²) < 4.78 is 4.96. The molecule has 1 aromatic rings. The molecule has 1 aromatic carbocycles. The molecule has 0 unspecified atom stereocenters. The highest BCUT2D eigenvalue weighted by Gasteiger charge is 2.58. The Balaban J connectivity index is 1.52. The monoisotopic (exact) mass is 341 g/mol. The van der Waals surface area contributed by atoms with Crippen molar-refractivity contribution in [3.8, 4) is 0 Å². The SMILES string of the molecule is COC(=O)[C@H](Cc1ccccc1)NC(=O)[C@]12C[C@@H]3CC[C@@H]1C[C@@H](C3)C2. The van der Waals surface area contributed by atoms with Gasteiger partial charge in [-0.25, -0.2) is 4.79 Å². The summed E-state index contributed by atoms with van der Waals surface area (Å²) >= 11 is 0. The first kappa shape index (κ1) is 16.6. The van der Waals surface area contributed by atoms with Gasteiger partial charge in [0, 0.05) is 6.42 Å². The summed E-state index contributed by atoms with van der Waals surface area (Å²) in [5.41, 5.74) is 0.805. The molecule has 3 saturated carbocycles. The summed E-state index contributed by atoms with van der Waals surface area (Å²) in [5.74, 6) is 1.66. The highest BCUT2D eigenvalue weighted by Crippen LogP contribution is 2.62. The van der Waals surface area contributed by atoms with Gasteiger partial charge in [0.05, 0.1) is 12.5 Å². The van der Waals surface area contributed by atoms with Crippen molar-refractivity contribution in [3.05, 3.63) is 35.9 Å². The van der Waals surface area contributed by atoms with E-state index in [2.05, 4.69) is 5.32 Å². The Bertz CT molecular complexity index is 658. The number of fused-ring (bicyclic) bond motifs is 2. The van der Waals surface area contributed by atoms with Gasteiger partial charge in [0.25, 0.3) is 0 Å². The Kier molecular flexibility index (Phi) is 4.30. The van der Waals surface area contributed by atoms with Gasteiger partial charge >= 0.3 is 5.97 Å². The Hall–Kier alpha value is -1.84. The molecule has 4 rings (SSSR count). The molecule has 25 heavy (non-hydrogen) atoms. The van der Waals surface area contributed by atoms with E-state index in [1.54, 1.807) is 0 Å². The number of carbonyl (C=O) groups is 2. The van der Waals surface area contributed by atoms with Crippen molar-refractivity contribution in [2.75, 3.05) is 7.11 Å². The molecule has 1 N–H and O–H groups in total. The summed E-state index contributed by atoms with van der Waals surface area (Å²) in [4.78, 5) is 25.5. The molecule has 0 aromatic heterocycles. The Morgan fingerprint density at radius 1 is 1.16 bits per heavy atom. The molecule has 134 valence electrons. The van der Waals surface area contributed by atoms with Gasteiger partial charge in [0.1, 0.15) is 6.04 Å². The molecule has 3 fully saturated rings. The first-order valence-corrected chi connectivity index (χ1v) is 9.53. The highest BCUT2D eigenvalue weighted by molar-refractivity contribution is 5.89. The zero-order valence-corrected chi connectivity index (χ0v) is 14.9. The van der Waals surface area contributed by atoms with Crippen molar-refractivity contribution in [1.29, 1.82) is 0 Å². The second kappa shape index (κ2) is 6.47. The van der Waals surface area contributed by atoms with E-state index >= 15 is 0 Å². The molecule has 4 heteroatoms. The molecule has 4 nitrogen and oxygen atoms in total. The van der Waals surface area contributed by atoms with Crippen LogP contribution in [-0.4, -0.2) is 25.0 Å². The third-order valence-corrected chi connectivity index (χ3v) is 6.82. The van der Waals surface area contributed by atoms with Gasteiger partial charge in [-0.2, -0.15) is 0 Å². The standard InChI is InChI=1S/C21H27NO3/c1-25-19(23)18(11-14-5-3-2-4-6-14)22-20(24)21-12-15-7-8-17(21)10-16(9-15)13-21/h2-6,15-18H,7-13H2,1H3,(H,22,24)/t15-,16-,17-,18+,21+/m1/s1. The Labute approximate surface area is 149 Å². The first-order chi connectivity index (χ1) is 12.1. The number of nitrogens with one attached hydrogen (secondary N) is 1. The molecule has 3 aliphatic rings. The maximum Gasteiger partial charge on any atom is 0.328 e. The normalized spacial score (nSPS) is 33.7. The molecule has 0 saturated heterocycles. The Morgan fingerprint density at radius 2 is 1.92 bits per heavy atom. The van der Waals surface area contributed by atoms with E-state index in [0.717, 1.165) is 18.4 Å². The van der Waals surface area contributed by atoms with Crippen LogP contribution in [0.5, 0.6) is 0 Å². The number of rotatable bonds is 5. The van der Waals surface area contributed by atoms with Crippen molar-refractivity contribution < 1.29 is 14.3 Å². The van der Waals surface area contributed by atoms with E-state index in [0.29, 0.717) is 24.2 Å². The van der Waals surface area contributed by atoms with Crippen molar-refractivity contribution in [2.45, 2.75) is 51.0 Å². The largest absolute Gasteiger partial charge is 0.467 e. The van der Waals surface area contributed by atoms with Crippen LogP contribution in [0.25, 0.3) is 0 Å². The van der Waals surface area contributed by atoms with Crippen LogP contribution in [0.2, 0.25) is 0 Å². The van der Waals surface area contributed by atoms with Gasteiger partial charge in [0.15, 0.2) is 0 Å². The molecular formula is C21H27NO3. The van der Waals surface area contributed by atoms with Crippen LogP contribution < -0.4 is 5.32 Å². The molecule has 0 spiro atoms. The highest BCUT2D eigenvalue weighted by atomic mass is 16.5. The van der Waals surface area contributed by atoms with Crippen LogP contribution in [0.3, 0.4) is 0 Å². The minimum Gasteiger partial charge on any atom is -0.467 e. The van der Waals surface area contributed by atoms with E-state index in [-0.39, 0.29) is 17.3 Å². The minimum atomic E-state index is -0.603. The van der Waals surface area contributed by atoms with Crippen LogP contribution in [0.15, 0.2) is 30.3 Å². The van der Waals surface area contributed by atoms with Crippen molar-refractivity contribution in [3.63, 3.8) is 0 Å². The average molecular weight is 341 g/mol. The molecule has 3 aliphatic carbocycles. The molecule has 0 radical (unpaired) electrons. The summed E-state index contributed by atoms with van der Waals surface area (Å²) in [6, 6.07) is 9.21. The molecular weight excluding hydrogens is 314 g/mol. The zero-order chi connectivity index (χ0) is 17.4. The number of benzene rings is 1. The summed E-state index contributed by atoms with van der Waals surface area (Å²) in [7, 11) is 1.39. The van der Waals surface area contributed by atoms with Gasteiger partial charge < -0.3 is 10.1 Å². The number of carbonyl (C=O) groups excluding carboxylic acids is 2. The smallest absolute Gasteiger partial charge is 0.328 e. The van der Waals surface area contributed by atoms with Crippen LogP contribution >= 0.6 is 0 Å². The second-order valence-corrected chi connectivity index (χ2v) is 8.28. The van der Waals surface area contributed by atoms with Crippen molar-refractivity contribution in [2.24, 2.45) is 23.2 Å². The molecule has 0 heterocycles. The van der Waals surface area contributed by atoms with E-state index in [9.17, 15) is 9.59 Å². The summed E-state index contributed by atoms with van der Waals surface area (Å²) in [6.45, 7) is 0. The van der Waals surface area contributed by atoms with Gasteiger partial charge in [0.2, 0.25) is 5.91 Å². The molecule has 0 aliphatic heterocycles. The predicted molar refractivity (Wildman–Crippen MR) is 94.7 cm³/mol. The van der Waals surface area contributed by atoms with E-state index in [1.807, 2.05) is 30.3 Å². The fourth-order valence-corrected chi connectivity index (χ4v) is 5.80. The topological polar surface area (TPSA) is 55.4 Å². The van der Waals surface area contributed by atoms with Crippen LogP contribution in [0, 0.1) is 23.2 Å². The van der Waals surface area contributed by atoms with Crippen LogP contribution in [0.4, 0.5) is 0 Å². The maximum atomic E-state index is 13.3. The summed E-state index contributed by atoms with van der Waals surface area (Å²) in [6.07, 6.45) is 7.46. The number of ether oxygens (including phenoxy) is 1. The lowest BCUT2D eigenvalue weighted by molar-refractivity contribution is -0.148. The maximum absolute atomic E-state index is 13.3. The van der Waals surface area contributed by atoms with Crippen molar-refractivity contribution >= 4 is 11.9 Å². The fourth-order valence-electron chi connectivity index (χ4n) is 5.80. The molecule has 1 amide bonds. The van der Waals surface area contributed by atoms with Crippen molar-refractivity contribution in [1.82, 2.24) is 5.32 Å². The van der Waals surface area contributed by atoms with E-state index in [4.69, 9.17) is 4.74 Å². The third kappa shape index (κ3) is 2.96. The van der Waals surface area contributed by atoms with Crippen LogP contribution in [0.1, 0.15) is 44.1 Å².